The molecule has 0 saturated carbocycles. The van der Waals surface area contributed by atoms with E-state index in [4.69, 9.17) is 0 Å². The van der Waals surface area contributed by atoms with Crippen molar-refractivity contribution in [1.82, 2.24) is 10.3 Å². The third-order valence-electron chi connectivity index (χ3n) is 2.71. The van der Waals surface area contributed by atoms with Crippen molar-refractivity contribution in [2.24, 2.45) is 0 Å². The number of hydrogen-bond donors (Lipinski definition) is 1. The highest BCUT2D eigenvalue weighted by Gasteiger charge is 2.23. The van der Waals surface area contributed by atoms with Gasteiger partial charge >= 0.3 is 0 Å². The molecule has 0 bridgehead atoms. The molecule has 0 aliphatic rings. The van der Waals surface area contributed by atoms with Gasteiger partial charge in [0.25, 0.3) is 0 Å². The van der Waals surface area contributed by atoms with Crippen LogP contribution in [-0.4, -0.2) is 11.5 Å². The van der Waals surface area contributed by atoms with Crippen molar-refractivity contribution in [3.8, 4) is 0 Å². The first-order valence-electron chi connectivity index (χ1n) is 5.83. The van der Waals surface area contributed by atoms with Crippen LogP contribution < -0.4 is 5.32 Å². The number of nitrogens with one attached hydrogen (secondary N) is 1. The lowest BCUT2D eigenvalue weighted by Crippen LogP contribution is -2.22. The van der Waals surface area contributed by atoms with Gasteiger partial charge in [-0.25, -0.2) is 18.2 Å². The Morgan fingerprint density at radius 3 is 2.58 bits per heavy atom. The zero-order valence-electron chi connectivity index (χ0n) is 10.5. The van der Waals surface area contributed by atoms with Crippen LogP contribution in [0.25, 0.3) is 0 Å². The Morgan fingerprint density at radius 2 is 2.00 bits per heavy atom. The second-order valence-corrected chi connectivity index (χ2v) is 5.30. The third kappa shape index (κ3) is 2.79. The SMILES string of the molecule is CCNC(c1cnc(C)s1)c1ccc(F)c(F)c1F. The van der Waals surface area contributed by atoms with E-state index in [0.29, 0.717) is 6.54 Å². The predicted octanol–water partition coefficient (Wildman–Crippen LogP) is 3.57. The zero-order valence-corrected chi connectivity index (χ0v) is 11.3. The fourth-order valence-corrected chi connectivity index (χ4v) is 2.72. The topological polar surface area (TPSA) is 24.9 Å². The smallest absolute Gasteiger partial charge is 0.194 e. The van der Waals surface area contributed by atoms with E-state index in [9.17, 15) is 13.2 Å². The van der Waals surface area contributed by atoms with Crippen molar-refractivity contribution >= 4 is 11.3 Å². The Labute approximate surface area is 113 Å². The summed E-state index contributed by atoms with van der Waals surface area (Å²) in [6.45, 7) is 4.26. The lowest BCUT2D eigenvalue weighted by Gasteiger charge is -2.17. The fraction of sp³-hybridized carbons (Fsp3) is 0.308. The highest BCUT2D eigenvalue weighted by molar-refractivity contribution is 7.11. The van der Waals surface area contributed by atoms with E-state index in [2.05, 4.69) is 10.3 Å². The molecule has 2 rings (SSSR count). The molecule has 1 N–H and O–H groups in total. The Kier molecular flexibility index (Phi) is 4.21. The summed E-state index contributed by atoms with van der Waals surface area (Å²) in [5.41, 5.74) is 0.0874. The normalized spacial score (nSPS) is 12.7. The molecule has 1 unspecified atom stereocenters. The van der Waals surface area contributed by atoms with Gasteiger partial charge in [-0.15, -0.1) is 11.3 Å². The average Bonchev–Trinajstić information content (AvgIpc) is 2.81. The van der Waals surface area contributed by atoms with Gasteiger partial charge in [-0.2, -0.15) is 0 Å². The standard InChI is InChI=1S/C13H13F3N2S/c1-3-17-13(10-6-18-7(2)19-10)8-4-5-9(14)12(16)11(8)15/h4-6,13,17H,3H2,1-2H3. The summed E-state index contributed by atoms with van der Waals surface area (Å²) in [5, 5.41) is 3.89. The molecule has 0 saturated heterocycles. The van der Waals surface area contributed by atoms with Gasteiger partial charge in [-0.05, 0) is 19.5 Å². The molecule has 2 nitrogen and oxygen atoms in total. The first kappa shape index (κ1) is 14.0. The van der Waals surface area contributed by atoms with Gasteiger partial charge < -0.3 is 5.32 Å². The van der Waals surface area contributed by atoms with E-state index in [-0.39, 0.29) is 5.56 Å². The molecule has 0 aliphatic heterocycles. The summed E-state index contributed by atoms with van der Waals surface area (Å²) in [4.78, 5) is 4.87. The maximum absolute atomic E-state index is 13.9. The van der Waals surface area contributed by atoms with E-state index < -0.39 is 23.5 Å². The maximum Gasteiger partial charge on any atom is 0.194 e. The number of rotatable bonds is 4. The molecule has 1 atom stereocenters. The minimum Gasteiger partial charge on any atom is -0.306 e. The first-order valence-corrected chi connectivity index (χ1v) is 6.65. The number of nitrogens with zero attached hydrogens (tertiary/aromatic N) is 1. The predicted molar refractivity (Wildman–Crippen MR) is 68.7 cm³/mol. The molecular weight excluding hydrogens is 273 g/mol. The number of hydrogen-bond acceptors (Lipinski definition) is 3. The van der Waals surface area contributed by atoms with Crippen LogP contribution in [0.2, 0.25) is 0 Å². The minimum atomic E-state index is -1.44. The van der Waals surface area contributed by atoms with Gasteiger partial charge in [0.2, 0.25) is 0 Å². The minimum absolute atomic E-state index is 0.0874. The maximum atomic E-state index is 13.9. The van der Waals surface area contributed by atoms with E-state index in [1.165, 1.54) is 17.4 Å². The second kappa shape index (κ2) is 5.71. The van der Waals surface area contributed by atoms with Gasteiger partial charge in [-0.3, -0.25) is 0 Å². The summed E-state index contributed by atoms with van der Waals surface area (Å²) >= 11 is 1.39. The zero-order chi connectivity index (χ0) is 14.0. The van der Waals surface area contributed by atoms with Crippen molar-refractivity contribution < 1.29 is 13.2 Å². The molecule has 0 radical (unpaired) electrons. The summed E-state index contributed by atoms with van der Waals surface area (Å²) in [6.07, 6.45) is 1.62. The lowest BCUT2D eigenvalue weighted by atomic mass is 10.0. The van der Waals surface area contributed by atoms with E-state index in [1.54, 1.807) is 6.20 Å². The number of aryl methyl sites for hydroxylation is 1. The second-order valence-electron chi connectivity index (χ2n) is 4.04. The van der Waals surface area contributed by atoms with Crippen LogP contribution >= 0.6 is 11.3 Å². The van der Waals surface area contributed by atoms with Crippen LogP contribution in [0, 0.1) is 24.4 Å². The van der Waals surface area contributed by atoms with Crippen molar-refractivity contribution in [2.45, 2.75) is 19.9 Å². The molecule has 6 heteroatoms. The Balaban J connectivity index is 2.48. The number of halogens is 3. The average molecular weight is 286 g/mol. The molecule has 19 heavy (non-hydrogen) atoms. The largest absolute Gasteiger partial charge is 0.306 e. The van der Waals surface area contributed by atoms with Crippen LogP contribution in [-0.2, 0) is 0 Å². The molecule has 0 aliphatic carbocycles. The lowest BCUT2D eigenvalue weighted by molar-refractivity contribution is 0.434. The summed E-state index contributed by atoms with van der Waals surface area (Å²) in [6, 6.07) is 1.67. The van der Waals surface area contributed by atoms with E-state index in [1.807, 2.05) is 13.8 Å². The van der Waals surface area contributed by atoms with Crippen LogP contribution in [0.1, 0.15) is 28.4 Å². The monoisotopic (exact) mass is 286 g/mol. The van der Waals surface area contributed by atoms with Crippen LogP contribution in [0.4, 0.5) is 13.2 Å². The highest BCUT2D eigenvalue weighted by Crippen LogP contribution is 2.30. The van der Waals surface area contributed by atoms with Crippen LogP contribution in [0.3, 0.4) is 0 Å². The molecule has 2 aromatic rings. The van der Waals surface area contributed by atoms with Gasteiger partial charge in [0, 0.05) is 16.6 Å². The number of aromatic nitrogens is 1. The summed E-state index contributed by atoms with van der Waals surface area (Å²) in [7, 11) is 0. The molecule has 1 aromatic heterocycles. The molecule has 0 amide bonds. The van der Waals surface area contributed by atoms with Gasteiger partial charge in [0.15, 0.2) is 17.5 Å². The Morgan fingerprint density at radius 1 is 1.26 bits per heavy atom. The molecule has 1 heterocycles. The number of benzene rings is 1. The van der Waals surface area contributed by atoms with E-state index >= 15 is 0 Å². The molecule has 0 spiro atoms. The molecule has 0 fully saturated rings. The Hall–Kier alpha value is -1.40. The van der Waals surface area contributed by atoms with Crippen LogP contribution in [0.5, 0.6) is 0 Å². The van der Waals surface area contributed by atoms with Crippen molar-refractivity contribution in [3.05, 3.63) is 51.2 Å². The van der Waals surface area contributed by atoms with Gasteiger partial charge in [0.05, 0.1) is 11.0 Å². The van der Waals surface area contributed by atoms with Crippen molar-refractivity contribution in [3.63, 3.8) is 0 Å². The number of thiazole rings is 1. The summed E-state index contributed by atoms with van der Waals surface area (Å²) in [5.74, 6) is -3.78. The van der Waals surface area contributed by atoms with Gasteiger partial charge in [0.1, 0.15) is 0 Å². The first-order chi connectivity index (χ1) is 9.04. The van der Waals surface area contributed by atoms with Gasteiger partial charge in [-0.1, -0.05) is 13.0 Å². The van der Waals surface area contributed by atoms with Crippen molar-refractivity contribution in [1.29, 1.82) is 0 Å². The molecule has 1 aromatic carbocycles. The molecular formula is C13H13F3N2S. The summed E-state index contributed by atoms with van der Waals surface area (Å²) < 4.78 is 40.2. The van der Waals surface area contributed by atoms with E-state index in [0.717, 1.165) is 16.0 Å². The fourth-order valence-electron chi connectivity index (χ4n) is 1.84. The Bertz CT molecular complexity index is 583. The van der Waals surface area contributed by atoms with Crippen LogP contribution in [0.15, 0.2) is 18.3 Å². The highest BCUT2D eigenvalue weighted by atomic mass is 32.1. The third-order valence-corrected chi connectivity index (χ3v) is 3.69. The van der Waals surface area contributed by atoms with Crippen molar-refractivity contribution in [2.75, 3.05) is 6.54 Å². The quantitative estimate of drug-likeness (QED) is 0.869. The molecule has 102 valence electrons.